The first-order chi connectivity index (χ1) is 7.58. The van der Waals surface area contributed by atoms with Crippen LogP contribution in [0.4, 0.5) is 11.6 Å². The molecule has 0 aliphatic rings. The minimum absolute atomic E-state index is 0.426. The number of thioether (sulfide) groups is 1. The maximum Gasteiger partial charge on any atom is 0.191 e. The Labute approximate surface area is 100 Å². The fourth-order valence-electron chi connectivity index (χ4n) is 1.15. The smallest absolute Gasteiger partial charge is 0.191 e. The molecule has 0 bridgehead atoms. The summed E-state index contributed by atoms with van der Waals surface area (Å²) in [5.74, 6) is 1.81. The molecule has 1 aromatic rings. The summed E-state index contributed by atoms with van der Waals surface area (Å²) in [6.07, 6.45) is 1.07. The van der Waals surface area contributed by atoms with E-state index < -0.39 is 0 Å². The van der Waals surface area contributed by atoms with E-state index in [4.69, 9.17) is 11.5 Å². The second-order valence-corrected chi connectivity index (χ2v) is 4.87. The fourth-order valence-corrected chi connectivity index (χ4v) is 1.96. The van der Waals surface area contributed by atoms with Gasteiger partial charge in [-0.25, -0.2) is 9.97 Å². The van der Waals surface area contributed by atoms with Crippen molar-refractivity contribution in [3.8, 4) is 0 Å². The van der Waals surface area contributed by atoms with E-state index in [1.807, 2.05) is 0 Å². The summed E-state index contributed by atoms with van der Waals surface area (Å²) in [6, 6.07) is 2.09. The number of anilines is 2. The largest absolute Gasteiger partial charge is 0.383 e. The number of nitrogens with zero attached hydrogens (tertiary/aromatic N) is 2. The Hall–Kier alpha value is -1.01. The summed E-state index contributed by atoms with van der Waals surface area (Å²) >= 11 is 1.58. The maximum absolute atomic E-state index is 5.57. The summed E-state index contributed by atoms with van der Waals surface area (Å²) in [7, 11) is 0. The Balaban J connectivity index is 2.26. The third-order valence-corrected chi connectivity index (χ3v) is 2.78. The standard InChI is InChI=1S/C10H19N5S/c1-7(2)13-4-3-5-16-10-14-8(11)6-9(12)15-10/h6-7,13H,3-5H2,1-2H3,(H4,11,12,14,15). The first kappa shape index (κ1) is 13.1. The Bertz CT molecular complexity index is 309. The van der Waals surface area contributed by atoms with Crippen LogP contribution < -0.4 is 16.8 Å². The second-order valence-electron chi connectivity index (χ2n) is 3.81. The van der Waals surface area contributed by atoms with Gasteiger partial charge >= 0.3 is 0 Å². The molecular formula is C10H19N5S. The number of hydrogen-bond acceptors (Lipinski definition) is 6. The molecule has 0 fully saturated rings. The number of aromatic nitrogens is 2. The van der Waals surface area contributed by atoms with Gasteiger partial charge in [0, 0.05) is 17.9 Å². The molecule has 90 valence electrons. The molecule has 1 aromatic heterocycles. The lowest BCUT2D eigenvalue weighted by Gasteiger charge is -2.07. The van der Waals surface area contributed by atoms with Gasteiger partial charge < -0.3 is 16.8 Å². The molecule has 6 heteroatoms. The highest BCUT2D eigenvalue weighted by Crippen LogP contribution is 2.16. The lowest BCUT2D eigenvalue weighted by Crippen LogP contribution is -2.23. The molecule has 1 rings (SSSR count). The van der Waals surface area contributed by atoms with Crippen LogP contribution in [0.5, 0.6) is 0 Å². The molecule has 0 saturated heterocycles. The topological polar surface area (TPSA) is 89.8 Å². The van der Waals surface area contributed by atoms with Crippen molar-refractivity contribution in [1.82, 2.24) is 15.3 Å². The van der Waals surface area contributed by atoms with Crippen LogP contribution in [0.2, 0.25) is 0 Å². The van der Waals surface area contributed by atoms with Gasteiger partial charge in [0.05, 0.1) is 0 Å². The van der Waals surface area contributed by atoms with E-state index in [9.17, 15) is 0 Å². The van der Waals surface area contributed by atoms with E-state index in [1.165, 1.54) is 0 Å². The predicted molar refractivity (Wildman–Crippen MR) is 69.3 cm³/mol. The average Bonchev–Trinajstić information content (AvgIpc) is 2.15. The van der Waals surface area contributed by atoms with Gasteiger partial charge in [-0.15, -0.1) is 0 Å². The molecule has 5 N–H and O–H groups in total. The van der Waals surface area contributed by atoms with Gasteiger partial charge in [-0.05, 0) is 13.0 Å². The molecule has 0 amide bonds. The van der Waals surface area contributed by atoms with Crippen LogP contribution in [0, 0.1) is 0 Å². The zero-order valence-corrected chi connectivity index (χ0v) is 10.5. The monoisotopic (exact) mass is 241 g/mol. The highest BCUT2D eigenvalue weighted by molar-refractivity contribution is 7.99. The number of nitrogen functional groups attached to an aromatic ring is 2. The third-order valence-electron chi connectivity index (χ3n) is 1.85. The van der Waals surface area contributed by atoms with E-state index >= 15 is 0 Å². The van der Waals surface area contributed by atoms with Crippen molar-refractivity contribution in [3.05, 3.63) is 6.07 Å². The lowest BCUT2D eigenvalue weighted by molar-refractivity contribution is 0.585. The van der Waals surface area contributed by atoms with Crippen LogP contribution in [0.15, 0.2) is 11.2 Å². The van der Waals surface area contributed by atoms with Gasteiger partial charge in [-0.3, -0.25) is 0 Å². The van der Waals surface area contributed by atoms with Gasteiger partial charge in [0.25, 0.3) is 0 Å². The zero-order chi connectivity index (χ0) is 12.0. The first-order valence-electron chi connectivity index (χ1n) is 5.34. The normalized spacial score (nSPS) is 10.9. The summed E-state index contributed by atoms with van der Waals surface area (Å²) < 4.78 is 0. The van der Waals surface area contributed by atoms with Crippen molar-refractivity contribution < 1.29 is 0 Å². The summed E-state index contributed by atoms with van der Waals surface area (Å²) in [6.45, 7) is 5.27. The molecule has 0 radical (unpaired) electrons. The van der Waals surface area contributed by atoms with Gasteiger partial charge in [0.15, 0.2) is 5.16 Å². The van der Waals surface area contributed by atoms with E-state index in [2.05, 4.69) is 29.1 Å². The number of hydrogen-bond donors (Lipinski definition) is 3. The van der Waals surface area contributed by atoms with Crippen LogP contribution in [-0.4, -0.2) is 28.3 Å². The molecule has 0 saturated carbocycles. The number of rotatable bonds is 6. The molecule has 0 aromatic carbocycles. The van der Waals surface area contributed by atoms with Crippen molar-refractivity contribution >= 4 is 23.4 Å². The molecule has 0 aliphatic carbocycles. The molecule has 0 atom stereocenters. The van der Waals surface area contributed by atoms with Gasteiger partial charge in [-0.1, -0.05) is 25.6 Å². The van der Waals surface area contributed by atoms with E-state index in [-0.39, 0.29) is 0 Å². The molecule has 1 heterocycles. The zero-order valence-electron chi connectivity index (χ0n) is 9.73. The number of nitrogens with two attached hydrogens (primary N) is 2. The fraction of sp³-hybridized carbons (Fsp3) is 0.600. The van der Waals surface area contributed by atoms with Crippen LogP contribution >= 0.6 is 11.8 Å². The summed E-state index contributed by atoms with van der Waals surface area (Å²) in [5, 5.41) is 4.01. The number of nitrogens with one attached hydrogen (secondary N) is 1. The van der Waals surface area contributed by atoms with Crippen molar-refractivity contribution in [2.75, 3.05) is 23.8 Å². The molecular weight excluding hydrogens is 222 g/mol. The van der Waals surface area contributed by atoms with E-state index in [1.54, 1.807) is 17.8 Å². The Morgan fingerprint density at radius 3 is 2.50 bits per heavy atom. The Morgan fingerprint density at radius 2 is 1.94 bits per heavy atom. The van der Waals surface area contributed by atoms with Crippen molar-refractivity contribution in [2.24, 2.45) is 0 Å². The Morgan fingerprint density at radius 1 is 1.31 bits per heavy atom. The maximum atomic E-state index is 5.57. The van der Waals surface area contributed by atoms with E-state index in [0.29, 0.717) is 22.8 Å². The van der Waals surface area contributed by atoms with Gasteiger partial charge in [0.1, 0.15) is 11.6 Å². The van der Waals surface area contributed by atoms with Gasteiger partial charge in [-0.2, -0.15) is 0 Å². The molecule has 16 heavy (non-hydrogen) atoms. The third kappa shape index (κ3) is 5.18. The van der Waals surface area contributed by atoms with Crippen LogP contribution in [0.25, 0.3) is 0 Å². The Kier molecular flexibility index (Phi) is 5.34. The van der Waals surface area contributed by atoms with Crippen LogP contribution in [0.1, 0.15) is 20.3 Å². The molecule has 0 unspecified atom stereocenters. The summed E-state index contributed by atoms with van der Waals surface area (Å²) in [4.78, 5) is 8.19. The SMILES string of the molecule is CC(C)NCCCSc1nc(N)cc(N)n1. The van der Waals surface area contributed by atoms with E-state index in [0.717, 1.165) is 18.7 Å². The highest BCUT2D eigenvalue weighted by atomic mass is 32.2. The summed E-state index contributed by atoms with van der Waals surface area (Å²) in [5.41, 5.74) is 11.1. The minimum Gasteiger partial charge on any atom is -0.383 e. The second kappa shape index (κ2) is 6.55. The van der Waals surface area contributed by atoms with Gasteiger partial charge in [0.2, 0.25) is 0 Å². The van der Waals surface area contributed by atoms with Crippen LogP contribution in [0.3, 0.4) is 0 Å². The van der Waals surface area contributed by atoms with Crippen molar-refractivity contribution in [3.63, 3.8) is 0 Å². The molecule has 0 aliphatic heterocycles. The lowest BCUT2D eigenvalue weighted by atomic mass is 10.4. The van der Waals surface area contributed by atoms with Crippen molar-refractivity contribution in [2.45, 2.75) is 31.5 Å². The molecule has 5 nitrogen and oxygen atoms in total. The minimum atomic E-state index is 0.426. The highest BCUT2D eigenvalue weighted by Gasteiger charge is 2.01. The first-order valence-corrected chi connectivity index (χ1v) is 6.32. The average molecular weight is 241 g/mol. The van der Waals surface area contributed by atoms with Crippen molar-refractivity contribution in [1.29, 1.82) is 0 Å². The predicted octanol–water partition coefficient (Wildman–Crippen LogP) is 1.12. The molecule has 0 spiro atoms. The quantitative estimate of drug-likeness (QED) is 0.393. The van der Waals surface area contributed by atoms with Crippen LogP contribution in [-0.2, 0) is 0 Å².